The Bertz CT molecular complexity index is 254. The van der Waals surface area contributed by atoms with Gasteiger partial charge in [-0.25, -0.2) is 0 Å². The van der Waals surface area contributed by atoms with E-state index >= 15 is 0 Å². The van der Waals surface area contributed by atoms with Crippen molar-refractivity contribution < 1.29 is 0 Å². The summed E-state index contributed by atoms with van der Waals surface area (Å²) in [5.74, 6) is 8.29. The Kier molecular flexibility index (Phi) is 6.36. The van der Waals surface area contributed by atoms with E-state index in [-0.39, 0.29) is 0 Å². The molecule has 0 N–H and O–H groups in total. The van der Waals surface area contributed by atoms with Crippen LogP contribution in [0, 0.1) is 47.8 Å². The van der Waals surface area contributed by atoms with E-state index < -0.39 is 0 Å². The van der Waals surface area contributed by atoms with Crippen molar-refractivity contribution in [3.05, 3.63) is 30.1 Å². The van der Waals surface area contributed by atoms with E-state index in [4.69, 9.17) is 0 Å². The summed E-state index contributed by atoms with van der Waals surface area (Å²) >= 11 is 0. The van der Waals surface area contributed by atoms with E-state index in [1.807, 2.05) is 0 Å². The van der Waals surface area contributed by atoms with Crippen molar-refractivity contribution in [3.63, 3.8) is 0 Å². The summed E-state index contributed by atoms with van der Waals surface area (Å²) < 4.78 is 0. The Morgan fingerprint density at radius 3 is 1.74 bits per heavy atom. The van der Waals surface area contributed by atoms with Gasteiger partial charge in [-0.15, -0.1) is 0 Å². The van der Waals surface area contributed by atoms with Crippen molar-refractivity contribution in [2.45, 2.75) is 48.0 Å². The molecule has 0 amide bonds. The zero-order valence-electron chi connectivity index (χ0n) is 14.2. The van der Waals surface area contributed by atoms with Crippen LogP contribution >= 0.6 is 0 Å². The van der Waals surface area contributed by atoms with Crippen LogP contribution in [-0.4, -0.2) is 25.5 Å². The van der Waals surface area contributed by atoms with Crippen LogP contribution in [0.4, 0.5) is 0 Å². The van der Waals surface area contributed by atoms with Crippen molar-refractivity contribution in [3.8, 4) is 0 Å². The fraction of sp³-hybridized carbons (Fsp3) is 0.722. The first kappa shape index (κ1) is 17.0. The van der Waals surface area contributed by atoms with E-state index in [0.29, 0.717) is 17.8 Å². The molecule has 0 atom stereocenters. The van der Waals surface area contributed by atoms with Crippen LogP contribution in [-0.2, 0) is 0 Å². The molecular formula is C18H32N. The van der Waals surface area contributed by atoms with Crippen LogP contribution in [0.2, 0.25) is 0 Å². The molecule has 19 heavy (non-hydrogen) atoms. The highest BCUT2D eigenvalue weighted by atomic mass is 15.0. The molecule has 109 valence electrons. The third kappa shape index (κ3) is 4.21. The molecule has 0 saturated heterocycles. The minimum Gasteiger partial charge on any atom is -0.309 e. The van der Waals surface area contributed by atoms with Gasteiger partial charge in [-0.2, -0.15) is 0 Å². The number of nitrogens with zero attached hydrogens (tertiary/aromatic N) is 1. The van der Waals surface area contributed by atoms with Crippen molar-refractivity contribution in [2.24, 2.45) is 17.8 Å². The molecule has 1 fully saturated rings. The molecule has 1 aliphatic rings. The predicted molar refractivity (Wildman–Crippen MR) is 85.0 cm³/mol. The summed E-state index contributed by atoms with van der Waals surface area (Å²) in [4.78, 5) is 2.29. The number of hydrogen-bond acceptors (Lipinski definition) is 1. The number of hydrogen-bond donors (Lipinski definition) is 0. The maximum atomic E-state index is 2.48. The Morgan fingerprint density at radius 2 is 1.37 bits per heavy atom. The highest BCUT2D eigenvalue weighted by Crippen LogP contribution is 2.56. The van der Waals surface area contributed by atoms with Gasteiger partial charge in [0, 0.05) is 0 Å². The second kappa shape index (κ2) is 7.11. The van der Waals surface area contributed by atoms with Crippen LogP contribution in [0.5, 0.6) is 0 Å². The molecule has 0 unspecified atom stereocenters. The lowest BCUT2D eigenvalue weighted by Crippen LogP contribution is -2.25. The van der Waals surface area contributed by atoms with Crippen molar-refractivity contribution >= 4 is 0 Å². The fourth-order valence-corrected chi connectivity index (χ4v) is 2.95. The largest absolute Gasteiger partial charge is 0.309 e. The molecule has 1 aliphatic carbocycles. The van der Waals surface area contributed by atoms with Gasteiger partial charge in [-0.05, 0) is 74.9 Å². The predicted octanol–water partition coefficient (Wildman–Crippen LogP) is 4.42. The third-order valence-electron chi connectivity index (χ3n) is 3.93. The van der Waals surface area contributed by atoms with Crippen LogP contribution in [0.15, 0.2) is 0 Å². The zero-order chi connectivity index (χ0) is 14.7. The normalized spacial score (nSPS) is 20.8. The van der Waals surface area contributed by atoms with Gasteiger partial charge in [0.05, 0.1) is 0 Å². The van der Waals surface area contributed by atoms with E-state index in [0.717, 1.165) is 6.54 Å². The Labute approximate surface area is 122 Å². The van der Waals surface area contributed by atoms with Gasteiger partial charge in [-0.1, -0.05) is 41.5 Å². The van der Waals surface area contributed by atoms with Gasteiger partial charge in [0.15, 0.2) is 0 Å². The highest BCUT2D eigenvalue weighted by molar-refractivity contribution is 5.58. The lowest BCUT2D eigenvalue weighted by Gasteiger charge is -2.31. The van der Waals surface area contributed by atoms with Gasteiger partial charge < -0.3 is 4.90 Å². The van der Waals surface area contributed by atoms with Crippen molar-refractivity contribution in [1.82, 2.24) is 4.90 Å². The average molecular weight is 262 g/mol. The topological polar surface area (TPSA) is 3.24 Å². The monoisotopic (exact) mass is 262 g/mol. The molecular weight excluding hydrogens is 230 g/mol. The Balaban J connectivity index is 2.88. The molecule has 0 heterocycles. The zero-order valence-corrected chi connectivity index (χ0v) is 14.2. The van der Waals surface area contributed by atoms with Crippen LogP contribution in [0.3, 0.4) is 0 Å². The molecule has 1 rings (SSSR count). The molecule has 0 aromatic rings. The first-order valence-electron chi connectivity index (χ1n) is 7.72. The average Bonchev–Trinajstić information content (AvgIpc) is 2.65. The number of rotatable bonds is 6. The smallest absolute Gasteiger partial charge is 0.00189 e. The second-order valence-corrected chi connectivity index (χ2v) is 6.96. The first-order chi connectivity index (χ1) is 8.75. The van der Waals surface area contributed by atoms with Gasteiger partial charge in [0.2, 0.25) is 0 Å². The minimum absolute atomic E-state index is 0.627. The van der Waals surface area contributed by atoms with E-state index in [2.05, 4.69) is 67.0 Å². The molecule has 0 aromatic heterocycles. The summed E-state index contributed by atoms with van der Waals surface area (Å²) in [5, 5.41) is 0. The van der Waals surface area contributed by atoms with Gasteiger partial charge in [0.25, 0.3) is 0 Å². The van der Waals surface area contributed by atoms with Crippen LogP contribution < -0.4 is 0 Å². The molecule has 5 radical (unpaired) electrons. The molecule has 0 bridgehead atoms. The minimum atomic E-state index is 0.627. The van der Waals surface area contributed by atoms with Gasteiger partial charge in [0.1, 0.15) is 0 Å². The molecule has 0 aliphatic heterocycles. The van der Waals surface area contributed by atoms with E-state index in [9.17, 15) is 0 Å². The van der Waals surface area contributed by atoms with Crippen LogP contribution in [0.1, 0.15) is 48.0 Å². The lowest BCUT2D eigenvalue weighted by atomic mass is 9.73. The summed E-state index contributed by atoms with van der Waals surface area (Å²) in [6.45, 7) is 15.1. The summed E-state index contributed by atoms with van der Waals surface area (Å²) in [5.41, 5.74) is 0. The first-order valence-corrected chi connectivity index (χ1v) is 7.72. The van der Waals surface area contributed by atoms with Crippen molar-refractivity contribution in [2.75, 3.05) is 20.6 Å². The SMILES string of the molecule is CC(C)[C]1[CH][C](C(C)C)[C](C(C)C)[C]1CCN(C)C. The van der Waals surface area contributed by atoms with E-state index in [1.54, 1.807) is 23.7 Å². The summed E-state index contributed by atoms with van der Waals surface area (Å²) in [7, 11) is 4.33. The van der Waals surface area contributed by atoms with Crippen molar-refractivity contribution in [1.29, 1.82) is 0 Å². The lowest BCUT2D eigenvalue weighted by molar-refractivity contribution is 0.397. The third-order valence-corrected chi connectivity index (χ3v) is 3.93. The maximum absolute atomic E-state index is 2.48. The van der Waals surface area contributed by atoms with Gasteiger partial charge >= 0.3 is 0 Å². The molecule has 1 saturated carbocycles. The highest BCUT2D eigenvalue weighted by Gasteiger charge is 2.47. The Hall–Kier alpha value is -0.0400. The summed E-state index contributed by atoms with van der Waals surface area (Å²) in [6.07, 6.45) is 3.66. The standard InChI is InChI=1S/C18H32N/c1-12(2)16-11-17(13(3)4)18(14(5)6)15(16)9-10-19(7)8/h11-14H,9-10H2,1-8H3. The second-order valence-electron chi connectivity index (χ2n) is 6.96. The fourth-order valence-electron chi connectivity index (χ4n) is 2.95. The van der Waals surface area contributed by atoms with Gasteiger partial charge in [-0.3, -0.25) is 0 Å². The van der Waals surface area contributed by atoms with Crippen LogP contribution in [0.25, 0.3) is 0 Å². The molecule has 1 nitrogen and oxygen atoms in total. The molecule has 0 spiro atoms. The molecule has 1 heteroatoms. The Morgan fingerprint density at radius 1 is 0.842 bits per heavy atom. The van der Waals surface area contributed by atoms with E-state index in [1.165, 1.54) is 6.42 Å². The summed E-state index contributed by atoms with van der Waals surface area (Å²) in [6, 6.07) is 0. The maximum Gasteiger partial charge on any atom is -0.00189 e. The molecule has 0 aromatic carbocycles. The quantitative estimate of drug-likeness (QED) is 0.685.